The van der Waals surface area contributed by atoms with Crippen LogP contribution < -0.4 is 21.5 Å². The average Bonchev–Trinajstić information content (AvgIpc) is 3.03. The number of hydrogen-bond acceptors (Lipinski definition) is 0. The Morgan fingerprint density at radius 2 is 0.318 bits per heavy atom. The number of benzene rings is 6. The molecule has 0 aliphatic rings. The molecule has 6 aromatic carbocycles. The van der Waals surface area contributed by atoms with Crippen molar-refractivity contribution in [2.75, 3.05) is 0 Å². The zero-order chi connectivity index (χ0) is 31.1. The Morgan fingerprint density at radius 1 is 0.205 bits per heavy atom. The Hall–Kier alpha value is -3.08. The van der Waals surface area contributed by atoms with Crippen LogP contribution in [0.4, 0.5) is 0 Å². The van der Waals surface area contributed by atoms with E-state index in [1.807, 2.05) is 0 Å². The molecule has 0 N–H and O–H groups in total. The van der Waals surface area contributed by atoms with Gasteiger partial charge in [-0.1, -0.05) is 0 Å². The third kappa shape index (κ3) is 8.55. The van der Waals surface area contributed by atoms with Gasteiger partial charge in [-0.3, -0.25) is 0 Å². The molecule has 6 rings (SSSR count). The SMILES string of the molecule is Cc1cc[c]([Sn]([c]2ccc(C)cc2)[c]2ccc(C)cc2)cc1.Cc1cc[c]([Sn]([c]2ccc(C)cc2)[c]2ccc(C)cc2)cc1. The van der Waals surface area contributed by atoms with Gasteiger partial charge in [-0.15, -0.1) is 0 Å². The molecule has 0 aliphatic heterocycles. The van der Waals surface area contributed by atoms with Crippen LogP contribution in [0.3, 0.4) is 0 Å². The van der Waals surface area contributed by atoms with Crippen LogP contribution in [0, 0.1) is 41.5 Å². The van der Waals surface area contributed by atoms with Gasteiger partial charge in [0, 0.05) is 0 Å². The van der Waals surface area contributed by atoms with E-state index in [0.717, 1.165) is 0 Å². The van der Waals surface area contributed by atoms with E-state index in [0.29, 0.717) is 0 Å². The fourth-order valence-electron chi connectivity index (χ4n) is 5.32. The number of hydrogen-bond donors (Lipinski definition) is 0. The van der Waals surface area contributed by atoms with Crippen LogP contribution in [-0.4, -0.2) is 39.5 Å². The molecule has 0 amide bonds. The molecule has 0 heterocycles. The third-order valence-electron chi connectivity index (χ3n) is 8.04. The van der Waals surface area contributed by atoms with E-state index in [1.165, 1.54) is 33.4 Å². The molecule has 0 spiro atoms. The molecule has 0 aliphatic carbocycles. The molecular formula is C42H42Sn2. The van der Waals surface area contributed by atoms with Gasteiger partial charge in [0.05, 0.1) is 0 Å². The second kappa shape index (κ2) is 15.3. The van der Waals surface area contributed by atoms with Crippen LogP contribution >= 0.6 is 0 Å². The Kier molecular flexibility index (Phi) is 11.2. The van der Waals surface area contributed by atoms with Crippen LogP contribution in [0.5, 0.6) is 0 Å². The van der Waals surface area contributed by atoms with E-state index in [2.05, 4.69) is 187 Å². The minimum absolute atomic E-state index is 1.33. The molecular weight excluding hydrogens is 742 g/mol. The minimum atomic E-state index is -2.06. The van der Waals surface area contributed by atoms with Crippen molar-refractivity contribution in [1.82, 2.24) is 0 Å². The normalized spacial score (nSPS) is 10.9. The van der Waals surface area contributed by atoms with Gasteiger partial charge in [-0.05, 0) is 0 Å². The monoisotopic (exact) mass is 786 g/mol. The molecule has 0 saturated carbocycles. The standard InChI is InChI=1S/6C7H7.2Sn/c6*1-7-5-3-2-4-6-7;;/h6*3-6H,1H3;;. The molecule has 44 heavy (non-hydrogen) atoms. The van der Waals surface area contributed by atoms with Crippen molar-refractivity contribution in [3.63, 3.8) is 0 Å². The quantitative estimate of drug-likeness (QED) is 0.175. The van der Waals surface area contributed by atoms with Crippen molar-refractivity contribution in [2.24, 2.45) is 0 Å². The summed E-state index contributed by atoms with van der Waals surface area (Å²) in [5, 5.41) is 0. The average molecular weight is 784 g/mol. The van der Waals surface area contributed by atoms with Gasteiger partial charge in [-0.25, -0.2) is 0 Å². The van der Waals surface area contributed by atoms with E-state index in [4.69, 9.17) is 0 Å². The Bertz CT molecular complexity index is 1390. The maximum atomic E-state index is 2.34. The van der Waals surface area contributed by atoms with Gasteiger partial charge in [0.2, 0.25) is 0 Å². The molecule has 0 fully saturated rings. The van der Waals surface area contributed by atoms with Gasteiger partial charge in [-0.2, -0.15) is 0 Å². The van der Waals surface area contributed by atoms with Crippen molar-refractivity contribution >= 4 is 61.0 Å². The summed E-state index contributed by atoms with van der Waals surface area (Å²) in [5.74, 6) is 0. The van der Waals surface area contributed by atoms with Crippen molar-refractivity contribution in [3.05, 3.63) is 179 Å². The summed E-state index contributed by atoms with van der Waals surface area (Å²) in [6.07, 6.45) is 0. The first-order valence-corrected chi connectivity index (χ1v) is 24.0. The molecule has 0 bridgehead atoms. The molecule has 0 unspecified atom stereocenters. The zero-order valence-electron chi connectivity index (χ0n) is 26.9. The third-order valence-corrected chi connectivity index (χ3v) is 23.6. The topological polar surface area (TPSA) is 0 Å². The number of rotatable bonds is 6. The summed E-state index contributed by atoms with van der Waals surface area (Å²) in [6, 6.07) is 55.0. The zero-order valence-corrected chi connectivity index (χ0v) is 32.6. The van der Waals surface area contributed by atoms with E-state index in [9.17, 15) is 0 Å². The van der Waals surface area contributed by atoms with E-state index in [1.54, 1.807) is 21.5 Å². The molecule has 0 nitrogen and oxygen atoms in total. The predicted molar refractivity (Wildman–Crippen MR) is 196 cm³/mol. The molecule has 2 radical (unpaired) electrons. The molecule has 0 aromatic heterocycles. The van der Waals surface area contributed by atoms with Gasteiger partial charge < -0.3 is 0 Å². The molecule has 0 atom stereocenters. The second-order valence-corrected chi connectivity index (χ2v) is 26.1. The fraction of sp³-hybridized carbons (Fsp3) is 0.143. The summed E-state index contributed by atoms with van der Waals surface area (Å²) < 4.78 is 9.25. The van der Waals surface area contributed by atoms with Crippen LogP contribution in [0.1, 0.15) is 33.4 Å². The number of aryl methyl sites for hydroxylation is 6. The Balaban J connectivity index is 0.000000175. The van der Waals surface area contributed by atoms with Crippen LogP contribution in [0.15, 0.2) is 146 Å². The molecule has 6 aromatic rings. The molecule has 2 heteroatoms. The molecule has 218 valence electrons. The summed E-state index contributed by atoms with van der Waals surface area (Å²) in [4.78, 5) is 0. The first-order chi connectivity index (χ1) is 21.3. The van der Waals surface area contributed by atoms with Crippen molar-refractivity contribution in [2.45, 2.75) is 41.5 Å². The van der Waals surface area contributed by atoms with Crippen LogP contribution in [0.25, 0.3) is 0 Å². The predicted octanol–water partition coefficient (Wildman–Crippen LogP) is 6.26. The van der Waals surface area contributed by atoms with E-state index < -0.39 is 39.5 Å². The van der Waals surface area contributed by atoms with Crippen LogP contribution in [-0.2, 0) is 0 Å². The van der Waals surface area contributed by atoms with Gasteiger partial charge >= 0.3 is 282 Å². The Morgan fingerprint density at radius 3 is 0.432 bits per heavy atom. The first-order valence-electron chi connectivity index (χ1n) is 15.4. The van der Waals surface area contributed by atoms with Crippen molar-refractivity contribution in [3.8, 4) is 0 Å². The summed E-state index contributed by atoms with van der Waals surface area (Å²) in [6.45, 7) is 12.9. The Labute approximate surface area is 279 Å². The van der Waals surface area contributed by atoms with Gasteiger partial charge in [0.15, 0.2) is 0 Å². The van der Waals surface area contributed by atoms with Crippen molar-refractivity contribution in [1.29, 1.82) is 0 Å². The second-order valence-electron chi connectivity index (χ2n) is 11.9. The van der Waals surface area contributed by atoms with Crippen molar-refractivity contribution < 1.29 is 0 Å². The van der Waals surface area contributed by atoms with Gasteiger partial charge in [0.25, 0.3) is 0 Å². The maximum absolute atomic E-state index is 2.34. The van der Waals surface area contributed by atoms with E-state index in [-0.39, 0.29) is 0 Å². The fourth-order valence-corrected chi connectivity index (χ4v) is 19.6. The summed E-state index contributed by atoms with van der Waals surface area (Å²) in [7, 11) is 0. The van der Waals surface area contributed by atoms with Crippen LogP contribution in [0.2, 0.25) is 0 Å². The van der Waals surface area contributed by atoms with Gasteiger partial charge in [0.1, 0.15) is 0 Å². The van der Waals surface area contributed by atoms with E-state index >= 15 is 0 Å². The summed E-state index contributed by atoms with van der Waals surface area (Å²) >= 11 is -4.13. The first kappa shape index (κ1) is 32.3. The molecule has 0 saturated heterocycles. The summed E-state index contributed by atoms with van der Waals surface area (Å²) in [5.41, 5.74) is 8.00.